The molecule has 11 nitrogen and oxygen atoms in total. The Hall–Kier alpha value is -2.38. The number of carbonyl (C=O) groups excluding carboxylic acids is 2. The number of rotatable bonds is 59. The van der Waals surface area contributed by atoms with Crippen LogP contribution >= 0.6 is 0 Å². The van der Waals surface area contributed by atoms with Gasteiger partial charge in [-0.2, -0.15) is 0 Å². The van der Waals surface area contributed by atoms with Gasteiger partial charge >= 0.3 is 5.97 Å². The lowest BCUT2D eigenvalue weighted by atomic mass is 9.99. The fourth-order valence-corrected chi connectivity index (χ4v) is 10.5. The summed E-state index contributed by atoms with van der Waals surface area (Å²) in [5, 5.41) is 54.5. The largest absolute Gasteiger partial charge is 0.466 e. The first kappa shape index (κ1) is 75.6. The summed E-state index contributed by atoms with van der Waals surface area (Å²) in [4.78, 5) is 25.1. The molecule has 0 aliphatic carbocycles. The fraction of sp³-hybridized carbons (Fsp3) is 0.855. The molecule has 1 saturated heterocycles. The topological polar surface area (TPSA) is 175 Å². The average Bonchev–Trinajstić information content (AvgIpc) is 3.46. The quantitative estimate of drug-likeness (QED) is 0.0195. The summed E-state index contributed by atoms with van der Waals surface area (Å²) in [5.41, 5.74) is 0. The van der Waals surface area contributed by atoms with Crippen LogP contribution in [-0.4, -0.2) is 100 Å². The van der Waals surface area contributed by atoms with Crippen LogP contribution in [0.4, 0.5) is 0 Å². The van der Waals surface area contributed by atoms with E-state index in [1.807, 2.05) is 6.08 Å². The van der Waals surface area contributed by atoms with Gasteiger partial charge in [-0.15, -0.1) is 0 Å². The first-order valence-corrected chi connectivity index (χ1v) is 33.9. The molecular formula is C69H127NO10. The van der Waals surface area contributed by atoms with Crippen molar-refractivity contribution in [2.45, 2.75) is 358 Å². The summed E-state index contributed by atoms with van der Waals surface area (Å²) in [7, 11) is 0. The minimum Gasteiger partial charge on any atom is -0.466 e. The van der Waals surface area contributed by atoms with Gasteiger partial charge in [-0.05, 0) is 89.9 Å². The van der Waals surface area contributed by atoms with Gasteiger partial charge in [0.25, 0.3) is 0 Å². The van der Waals surface area contributed by atoms with E-state index in [1.165, 1.54) is 205 Å². The summed E-state index contributed by atoms with van der Waals surface area (Å²) in [6, 6.07) is -0.816. The molecule has 0 aromatic carbocycles. The lowest BCUT2D eigenvalue weighted by Crippen LogP contribution is -2.60. The molecule has 468 valence electrons. The minimum absolute atomic E-state index is 0.0118. The normalized spacial score (nSPS) is 18.6. The molecule has 80 heavy (non-hydrogen) atoms. The molecule has 1 aliphatic heterocycles. The van der Waals surface area contributed by atoms with E-state index in [9.17, 15) is 35.1 Å². The number of amides is 1. The molecule has 1 fully saturated rings. The van der Waals surface area contributed by atoms with Crippen molar-refractivity contribution in [2.24, 2.45) is 0 Å². The molecule has 1 amide bonds. The molecule has 1 heterocycles. The zero-order valence-electron chi connectivity index (χ0n) is 51.8. The predicted molar refractivity (Wildman–Crippen MR) is 334 cm³/mol. The number of hydrogen-bond acceptors (Lipinski definition) is 10. The molecule has 0 saturated carbocycles. The molecule has 0 spiro atoms. The third kappa shape index (κ3) is 47.0. The van der Waals surface area contributed by atoms with E-state index in [1.54, 1.807) is 6.08 Å². The first-order chi connectivity index (χ1) is 39.2. The van der Waals surface area contributed by atoms with Crippen molar-refractivity contribution in [3.05, 3.63) is 48.6 Å². The highest BCUT2D eigenvalue weighted by atomic mass is 16.7. The Balaban J connectivity index is 2.06. The van der Waals surface area contributed by atoms with Crippen molar-refractivity contribution < 1.29 is 49.3 Å². The molecule has 0 bridgehead atoms. The first-order valence-electron chi connectivity index (χ1n) is 33.9. The van der Waals surface area contributed by atoms with Crippen LogP contribution in [0.3, 0.4) is 0 Å². The van der Waals surface area contributed by atoms with Gasteiger partial charge in [-0.25, -0.2) is 0 Å². The van der Waals surface area contributed by atoms with Crippen molar-refractivity contribution in [2.75, 3.05) is 19.8 Å². The maximum Gasteiger partial charge on any atom is 0.305 e. The number of nitrogens with one attached hydrogen (secondary N) is 1. The Morgan fingerprint density at radius 1 is 0.463 bits per heavy atom. The van der Waals surface area contributed by atoms with Crippen LogP contribution in [0, 0.1) is 0 Å². The van der Waals surface area contributed by atoms with Gasteiger partial charge in [0.15, 0.2) is 6.29 Å². The molecule has 6 N–H and O–H groups in total. The number of aliphatic hydroxyl groups is 5. The molecule has 0 aromatic rings. The van der Waals surface area contributed by atoms with Crippen molar-refractivity contribution in [1.29, 1.82) is 0 Å². The standard InChI is InChI=1S/C69H127NO10/c1-3-5-7-9-11-13-15-17-29-32-35-39-43-47-51-55-62(72)61(60-79-69-68(77)67(76)66(75)63(59-71)80-69)70-64(73)56-52-48-44-40-36-33-30-27-25-23-21-19-18-20-22-24-26-28-31-34-38-42-46-50-54-58-78-65(74)57-53-49-45-41-37-16-14-12-10-8-6-4-2/h12,14,19-22,51,55,61-63,66-69,71-72,75-77H,3-11,13,15-18,23-50,52-54,56-60H2,1-2H3,(H,70,73)/b14-12-,21-19-,22-20-,55-51+. The summed E-state index contributed by atoms with van der Waals surface area (Å²) in [6.45, 7) is 4.33. The molecule has 7 unspecified atom stereocenters. The number of unbranched alkanes of at least 4 members (excludes halogenated alkanes) is 39. The molecule has 0 radical (unpaired) electrons. The second kappa shape index (κ2) is 58.4. The van der Waals surface area contributed by atoms with Crippen LogP contribution in [0.5, 0.6) is 0 Å². The van der Waals surface area contributed by atoms with Gasteiger partial charge in [0.2, 0.25) is 5.91 Å². The Bertz CT molecular complexity index is 1470. The molecule has 0 aromatic heterocycles. The van der Waals surface area contributed by atoms with Gasteiger partial charge in [0.05, 0.1) is 32.0 Å². The maximum atomic E-state index is 13.1. The molecular weight excluding hydrogens is 1000 g/mol. The zero-order chi connectivity index (χ0) is 58.0. The van der Waals surface area contributed by atoms with E-state index in [0.29, 0.717) is 19.4 Å². The van der Waals surface area contributed by atoms with Crippen molar-refractivity contribution >= 4 is 11.9 Å². The fourth-order valence-electron chi connectivity index (χ4n) is 10.5. The van der Waals surface area contributed by atoms with Gasteiger partial charge in [0.1, 0.15) is 24.4 Å². The average molecular weight is 1130 g/mol. The highest BCUT2D eigenvalue weighted by molar-refractivity contribution is 5.76. The van der Waals surface area contributed by atoms with Crippen LogP contribution in [0.25, 0.3) is 0 Å². The Kier molecular flexibility index (Phi) is 55.2. The third-order valence-electron chi connectivity index (χ3n) is 15.9. The Morgan fingerprint density at radius 2 is 0.838 bits per heavy atom. The van der Waals surface area contributed by atoms with Crippen LogP contribution in [-0.2, 0) is 23.8 Å². The van der Waals surface area contributed by atoms with Gasteiger partial charge in [-0.3, -0.25) is 9.59 Å². The van der Waals surface area contributed by atoms with Crippen LogP contribution < -0.4 is 5.32 Å². The lowest BCUT2D eigenvalue weighted by molar-refractivity contribution is -0.302. The SMILES string of the molecule is CCCCC/C=C\CCCCCCCC(=O)OCCCCCCCCCCC/C=C\C/C=C\CCCCCCCCCCCC(=O)NC(COC1OC(CO)C(O)C(O)C1O)C(O)/C=C/CCCCCCCCCCCCCCC. The highest BCUT2D eigenvalue weighted by Crippen LogP contribution is 2.23. The summed E-state index contributed by atoms with van der Waals surface area (Å²) in [6.07, 6.45) is 65.0. The zero-order valence-corrected chi connectivity index (χ0v) is 51.8. The predicted octanol–water partition coefficient (Wildman–Crippen LogP) is 16.8. The number of aliphatic hydroxyl groups excluding tert-OH is 5. The monoisotopic (exact) mass is 1130 g/mol. The van der Waals surface area contributed by atoms with Crippen molar-refractivity contribution in [3.63, 3.8) is 0 Å². The van der Waals surface area contributed by atoms with E-state index < -0.39 is 49.5 Å². The smallest absolute Gasteiger partial charge is 0.305 e. The summed E-state index contributed by atoms with van der Waals surface area (Å²) < 4.78 is 16.7. The second-order valence-electron chi connectivity index (χ2n) is 23.5. The van der Waals surface area contributed by atoms with E-state index in [4.69, 9.17) is 14.2 Å². The van der Waals surface area contributed by atoms with Gasteiger partial charge in [-0.1, -0.05) is 262 Å². The maximum absolute atomic E-state index is 13.1. The Labute approximate surface area is 491 Å². The summed E-state index contributed by atoms with van der Waals surface area (Å²) >= 11 is 0. The van der Waals surface area contributed by atoms with E-state index in [0.717, 1.165) is 83.5 Å². The molecule has 1 rings (SSSR count). The van der Waals surface area contributed by atoms with E-state index in [-0.39, 0.29) is 18.5 Å². The number of ether oxygens (including phenoxy) is 3. The van der Waals surface area contributed by atoms with Crippen LogP contribution in [0.15, 0.2) is 48.6 Å². The van der Waals surface area contributed by atoms with Crippen LogP contribution in [0.1, 0.15) is 316 Å². The number of carbonyl (C=O) groups is 2. The minimum atomic E-state index is -1.57. The molecule has 1 aliphatic rings. The number of hydrogen-bond donors (Lipinski definition) is 6. The van der Waals surface area contributed by atoms with Gasteiger partial charge in [0, 0.05) is 12.8 Å². The number of allylic oxidation sites excluding steroid dienone is 7. The van der Waals surface area contributed by atoms with E-state index in [2.05, 4.69) is 55.6 Å². The van der Waals surface area contributed by atoms with E-state index >= 15 is 0 Å². The van der Waals surface area contributed by atoms with Crippen LogP contribution in [0.2, 0.25) is 0 Å². The van der Waals surface area contributed by atoms with Crippen molar-refractivity contribution in [1.82, 2.24) is 5.32 Å². The molecule has 7 atom stereocenters. The second-order valence-corrected chi connectivity index (χ2v) is 23.5. The summed E-state index contributed by atoms with van der Waals surface area (Å²) in [5.74, 6) is -0.198. The van der Waals surface area contributed by atoms with Gasteiger partial charge < -0.3 is 45.1 Å². The number of esters is 1. The Morgan fingerprint density at radius 3 is 1.30 bits per heavy atom. The molecule has 11 heteroatoms. The lowest BCUT2D eigenvalue weighted by Gasteiger charge is -2.40. The highest BCUT2D eigenvalue weighted by Gasteiger charge is 2.44. The van der Waals surface area contributed by atoms with Crippen molar-refractivity contribution in [3.8, 4) is 0 Å². The third-order valence-corrected chi connectivity index (χ3v) is 15.9.